The number of methoxy groups -OCH3 is 1. The maximum absolute atomic E-state index is 6.38. The van der Waals surface area contributed by atoms with Crippen LogP contribution in [0.5, 0.6) is 17.2 Å². The highest BCUT2D eigenvalue weighted by Gasteiger charge is 2.11. The summed E-state index contributed by atoms with van der Waals surface area (Å²) >= 11 is 6.38. The maximum atomic E-state index is 6.38. The van der Waals surface area contributed by atoms with Gasteiger partial charge in [-0.3, -0.25) is 0 Å². The van der Waals surface area contributed by atoms with E-state index in [2.05, 4.69) is 5.32 Å². The van der Waals surface area contributed by atoms with Crippen LogP contribution < -0.4 is 19.5 Å². The van der Waals surface area contributed by atoms with Gasteiger partial charge >= 0.3 is 0 Å². The highest BCUT2D eigenvalue weighted by atomic mass is 35.5. The molecule has 2 aromatic carbocycles. The monoisotopic (exact) mass is 349 g/mol. The Morgan fingerprint density at radius 3 is 2.17 bits per heavy atom. The van der Waals surface area contributed by atoms with Crippen LogP contribution in [0.25, 0.3) is 0 Å². The second-order valence-electron chi connectivity index (χ2n) is 5.17. The lowest BCUT2D eigenvalue weighted by Gasteiger charge is -2.15. The molecule has 0 saturated heterocycles. The van der Waals surface area contributed by atoms with E-state index in [0.717, 1.165) is 22.6 Å². The summed E-state index contributed by atoms with van der Waals surface area (Å²) in [5.41, 5.74) is 2.07. The van der Waals surface area contributed by atoms with Crippen molar-refractivity contribution in [2.24, 2.45) is 0 Å². The Kier molecular flexibility index (Phi) is 7.22. The summed E-state index contributed by atoms with van der Waals surface area (Å²) in [6.45, 7) is 6.36. The Morgan fingerprint density at radius 1 is 0.875 bits per heavy atom. The van der Waals surface area contributed by atoms with Crippen molar-refractivity contribution < 1.29 is 14.2 Å². The second kappa shape index (κ2) is 9.40. The first-order valence-electron chi connectivity index (χ1n) is 8.10. The minimum atomic E-state index is 0.571. The molecule has 0 unspecified atom stereocenters. The Morgan fingerprint density at radius 2 is 1.50 bits per heavy atom. The van der Waals surface area contributed by atoms with Crippen LogP contribution in [0, 0.1) is 0 Å². The Labute approximate surface area is 148 Å². The molecule has 0 radical (unpaired) electrons. The Hall–Kier alpha value is -1.91. The molecular weight excluding hydrogens is 326 g/mol. The number of ether oxygens (including phenoxy) is 3. The quantitative estimate of drug-likeness (QED) is 0.726. The summed E-state index contributed by atoms with van der Waals surface area (Å²) in [4.78, 5) is 0. The SMILES string of the molecule is CCOc1cc(Cl)c(CNCc2ccccc2OC)cc1OCC. The van der Waals surface area contributed by atoms with Crippen molar-refractivity contribution in [3.8, 4) is 17.2 Å². The van der Waals surface area contributed by atoms with E-state index in [1.807, 2.05) is 50.2 Å². The minimum Gasteiger partial charge on any atom is -0.496 e. The van der Waals surface area contributed by atoms with Gasteiger partial charge in [-0.2, -0.15) is 0 Å². The van der Waals surface area contributed by atoms with Crippen molar-refractivity contribution in [2.45, 2.75) is 26.9 Å². The van der Waals surface area contributed by atoms with Crippen LogP contribution in [0.3, 0.4) is 0 Å². The first-order chi connectivity index (χ1) is 11.7. The fourth-order valence-electron chi connectivity index (χ4n) is 2.43. The van der Waals surface area contributed by atoms with Gasteiger partial charge in [0.2, 0.25) is 0 Å². The van der Waals surface area contributed by atoms with Gasteiger partial charge in [0.1, 0.15) is 5.75 Å². The third-order valence-electron chi connectivity index (χ3n) is 3.54. The van der Waals surface area contributed by atoms with Crippen molar-refractivity contribution in [3.05, 3.63) is 52.5 Å². The number of nitrogens with one attached hydrogen (secondary N) is 1. The van der Waals surface area contributed by atoms with E-state index in [9.17, 15) is 0 Å². The third kappa shape index (κ3) is 4.79. The van der Waals surface area contributed by atoms with Crippen LogP contribution in [0.4, 0.5) is 0 Å². The van der Waals surface area contributed by atoms with Crippen LogP contribution in [-0.2, 0) is 13.1 Å². The molecule has 2 rings (SSSR count). The molecule has 0 atom stereocenters. The third-order valence-corrected chi connectivity index (χ3v) is 3.89. The summed E-state index contributed by atoms with van der Waals surface area (Å²) < 4.78 is 16.6. The van der Waals surface area contributed by atoms with Crippen LogP contribution >= 0.6 is 11.6 Å². The summed E-state index contributed by atoms with van der Waals surface area (Å²) in [5.74, 6) is 2.27. The highest BCUT2D eigenvalue weighted by Crippen LogP contribution is 2.33. The van der Waals surface area contributed by atoms with E-state index in [0.29, 0.717) is 37.1 Å². The number of hydrogen-bond donors (Lipinski definition) is 1. The van der Waals surface area contributed by atoms with E-state index < -0.39 is 0 Å². The van der Waals surface area contributed by atoms with Crippen molar-refractivity contribution in [1.29, 1.82) is 0 Å². The molecule has 24 heavy (non-hydrogen) atoms. The highest BCUT2D eigenvalue weighted by molar-refractivity contribution is 6.31. The molecule has 0 aromatic heterocycles. The topological polar surface area (TPSA) is 39.7 Å². The van der Waals surface area contributed by atoms with E-state index in [1.165, 1.54) is 0 Å². The number of rotatable bonds is 9. The Bertz CT molecular complexity index is 661. The zero-order valence-corrected chi connectivity index (χ0v) is 15.2. The molecule has 5 heteroatoms. The molecule has 4 nitrogen and oxygen atoms in total. The summed E-state index contributed by atoms with van der Waals surface area (Å²) in [6, 6.07) is 11.7. The summed E-state index contributed by atoms with van der Waals surface area (Å²) in [6.07, 6.45) is 0. The molecule has 0 aliphatic carbocycles. The minimum absolute atomic E-state index is 0.571. The van der Waals surface area contributed by atoms with Crippen LogP contribution in [0.15, 0.2) is 36.4 Å². The largest absolute Gasteiger partial charge is 0.496 e. The number of hydrogen-bond acceptors (Lipinski definition) is 4. The first kappa shape index (κ1) is 18.4. The first-order valence-corrected chi connectivity index (χ1v) is 8.48. The molecule has 0 fully saturated rings. The van der Waals surface area contributed by atoms with Gasteiger partial charge in [-0.25, -0.2) is 0 Å². The zero-order chi connectivity index (χ0) is 17.4. The predicted molar refractivity (Wildman–Crippen MR) is 97.3 cm³/mol. The van der Waals surface area contributed by atoms with E-state index in [-0.39, 0.29) is 0 Å². The zero-order valence-electron chi connectivity index (χ0n) is 14.4. The fraction of sp³-hybridized carbons (Fsp3) is 0.368. The van der Waals surface area contributed by atoms with E-state index in [4.69, 9.17) is 25.8 Å². The lowest BCUT2D eigenvalue weighted by atomic mass is 10.1. The average Bonchev–Trinajstić information content (AvgIpc) is 2.59. The molecular formula is C19H24ClNO3. The molecule has 1 N–H and O–H groups in total. The van der Waals surface area contributed by atoms with Gasteiger partial charge in [0.05, 0.1) is 20.3 Å². The molecule has 0 aliphatic rings. The predicted octanol–water partition coefficient (Wildman–Crippen LogP) is 4.44. The molecule has 2 aromatic rings. The van der Waals surface area contributed by atoms with E-state index >= 15 is 0 Å². The molecule has 0 spiro atoms. The van der Waals surface area contributed by atoms with Crippen molar-refractivity contribution in [1.82, 2.24) is 5.32 Å². The molecule has 0 saturated carbocycles. The lowest BCUT2D eigenvalue weighted by molar-refractivity contribution is 0.287. The normalized spacial score (nSPS) is 10.5. The summed E-state index contributed by atoms with van der Waals surface area (Å²) in [7, 11) is 1.68. The molecule has 0 heterocycles. The number of halogens is 1. The number of benzene rings is 2. The molecule has 0 bridgehead atoms. The summed E-state index contributed by atoms with van der Waals surface area (Å²) in [5, 5.41) is 4.06. The van der Waals surface area contributed by atoms with Gasteiger partial charge in [-0.05, 0) is 31.5 Å². The van der Waals surface area contributed by atoms with Gasteiger partial charge in [0, 0.05) is 29.7 Å². The fourth-order valence-corrected chi connectivity index (χ4v) is 2.65. The molecule has 0 aliphatic heterocycles. The van der Waals surface area contributed by atoms with Gasteiger partial charge in [0.15, 0.2) is 11.5 Å². The Balaban J connectivity index is 2.07. The van der Waals surface area contributed by atoms with Gasteiger partial charge in [0.25, 0.3) is 0 Å². The van der Waals surface area contributed by atoms with Crippen molar-refractivity contribution >= 4 is 11.6 Å². The van der Waals surface area contributed by atoms with Crippen LogP contribution in [0.2, 0.25) is 5.02 Å². The number of para-hydroxylation sites is 1. The lowest BCUT2D eigenvalue weighted by Crippen LogP contribution is -2.14. The van der Waals surface area contributed by atoms with Crippen molar-refractivity contribution in [3.63, 3.8) is 0 Å². The smallest absolute Gasteiger partial charge is 0.162 e. The van der Waals surface area contributed by atoms with Crippen LogP contribution in [0.1, 0.15) is 25.0 Å². The van der Waals surface area contributed by atoms with Gasteiger partial charge in [-0.1, -0.05) is 29.8 Å². The van der Waals surface area contributed by atoms with Gasteiger partial charge < -0.3 is 19.5 Å². The standard InChI is InChI=1S/C19H24ClNO3/c1-4-23-18-10-15(16(20)11-19(18)24-5-2)13-21-12-14-8-6-7-9-17(14)22-3/h6-11,21H,4-5,12-13H2,1-3H3. The maximum Gasteiger partial charge on any atom is 0.162 e. The molecule has 130 valence electrons. The van der Waals surface area contributed by atoms with Crippen LogP contribution in [-0.4, -0.2) is 20.3 Å². The second-order valence-corrected chi connectivity index (χ2v) is 5.58. The van der Waals surface area contributed by atoms with E-state index in [1.54, 1.807) is 7.11 Å². The average molecular weight is 350 g/mol. The van der Waals surface area contributed by atoms with Gasteiger partial charge in [-0.15, -0.1) is 0 Å². The van der Waals surface area contributed by atoms with Crippen molar-refractivity contribution in [2.75, 3.05) is 20.3 Å². The molecule has 0 amide bonds.